The molecule has 0 saturated carbocycles. The van der Waals surface area contributed by atoms with Crippen LogP contribution in [-0.2, 0) is 9.53 Å². The maximum Gasteiger partial charge on any atom is 0.337 e. The van der Waals surface area contributed by atoms with Crippen molar-refractivity contribution in [1.82, 2.24) is 9.97 Å². The fourth-order valence-electron chi connectivity index (χ4n) is 3.27. The lowest BCUT2D eigenvalue weighted by atomic mass is 9.82. The maximum absolute atomic E-state index is 12.8. The number of H-pyrrole nitrogens is 2. The van der Waals surface area contributed by atoms with Gasteiger partial charge in [0.1, 0.15) is 12.4 Å². The Morgan fingerprint density at radius 1 is 1.21 bits per heavy atom. The Bertz CT molecular complexity index is 1060. The van der Waals surface area contributed by atoms with Crippen molar-refractivity contribution in [3.05, 3.63) is 80.2 Å². The molecule has 0 radical (unpaired) electrons. The van der Waals surface area contributed by atoms with Crippen LogP contribution in [0.2, 0.25) is 0 Å². The van der Waals surface area contributed by atoms with Crippen molar-refractivity contribution in [3.63, 3.8) is 0 Å². The lowest BCUT2D eigenvalue weighted by Crippen LogP contribution is -2.35. The Balaban J connectivity index is 2.20. The fourth-order valence-corrected chi connectivity index (χ4v) is 3.27. The van der Waals surface area contributed by atoms with E-state index in [0.717, 1.165) is 11.3 Å². The van der Waals surface area contributed by atoms with Gasteiger partial charge in [0.15, 0.2) is 0 Å². The van der Waals surface area contributed by atoms with E-state index < -0.39 is 23.1 Å². The molecule has 3 rings (SSSR count). The first-order valence-corrected chi connectivity index (χ1v) is 8.73. The van der Waals surface area contributed by atoms with Gasteiger partial charge in [0.25, 0.3) is 5.56 Å². The van der Waals surface area contributed by atoms with E-state index in [2.05, 4.69) is 21.9 Å². The number of rotatable bonds is 5. The highest BCUT2D eigenvalue weighted by molar-refractivity contribution is 5.94. The lowest BCUT2D eigenvalue weighted by molar-refractivity contribution is -0.138. The van der Waals surface area contributed by atoms with Gasteiger partial charge in [-0.3, -0.25) is 14.8 Å². The number of nitrogens with one attached hydrogen (secondary N) is 3. The van der Waals surface area contributed by atoms with Crippen molar-refractivity contribution in [2.75, 3.05) is 30.9 Å². The number of benzene rings is 1. The van der Waals surface area contributed by atoms with E-state index >= 15 is 0 Å². The van der Waals surface area contributed by atoms with Crippen LogP contribution in [0.1, 0.15) is 24.0 Å². The van der Waals surface area contributed by atoms with Crippen LogP contribution < -0.4 is 21.5 Å². The molecular weight excluding hydrogens is 360 g/mol. The summed E-state index contributed by atoms with van der Waals surface area (Å²) in [5.41, 5.74) is 1.60. The number of hydrogen-bond acceptors (Lipinski definition) is 6. The van der Waals surface area contributed by atoms with Gasteiger partial charge in [-0.15, -0.1) is 0 Å². The molecule has 0 unspecified atom stereocenters. The molecule has 0 bridgehead atoms. The molecule has 0 saturated heterocycles. The number of aromatic nitrogens is 2. The normalized spacial score (nSPS) is 15.5. The van der Waals surface area contributed by atoms with E-state index in [0.29, 0.717) is 11.3 Å². The van der Waals surface area contributed by atoms with Gasteiger partial charge in [0, 0.05) is 25.5 Å². The number of anilines is 2. The predicted octanol–water partition coefficient (Wildman–Crippen LogP) is 1.69. The van der Waals surface area contributed by atoms with Crippen LogP contribution in [0.3, 0.4) is 0 Å². The molecule has 146 valence electrons. The van der Waals surface area contributed by atoms with Crippen LogP contribution in [0.25, 0.3) is 0 Å². The molecule has 1 aromatic carbocycles. The number of hydrogen-bond donors (Lipinski definition) is 3. The third kappa shape index (κ3) is 3.48. The van der Waals surface area contributed by atoms with Crippen LogP contribution >= 0.6 is 0 Å². The van der Waals surface area contributed by atoms with Crippen LogP contribution in [0.4, 0.5) is 11.5 Å². The predicted molar refractivity (Wildman–Crippen MR) is 108 cm³/mol. The second-order valence-corrected chi connectivity index (χ2v) is 6.67. The summed E-state index contributed by atoms with van der Waals surface area (Å²) in [4.78, 5) is 43.9. The topological polar surface area (TPSA) is 107 Å². The molecule has 8 nitrogen and oxygen atoms in total. The summed E-state index contributed by atoms with van der Waals surface area (Å²) >= 11 is 0. The first kappa shape index (κ1) is 19.2. The molecular formula is C20H22N4O4. The summed E-state index contributed by atoms with van der Waals surface area (Å²) in [7, 11) is 3.85. The van der Waals surface area contributed by atoms with E-state index in [1.54, 1.807) is 6.92 Å². The number of ether oxygens (including phenoxy) is 1. The Morgan fingerprint density at radius 2 is 1.89 bits per heavy atom. The van der Waals surface area contributed by atoms with Crippen molar-refractivity contribution >= 4 is 17.5 Å². The van der Waals surface area contributed by atoms with Crippen molar-refractivity contribution < 1.29 is 9.53 Å². The van der Waals surface area contributed by atoms with Crippen molar-refractivity contribution in [3.8, 4) is 0 Å². The van der Waals surface area contributed by atoms with E-state index in [1.165, 1.54) is 6.08 Å². The van der Waals surface area contributed by atoms with E-state index in [-0.39, 0.29) is 18.0 Å². The summed E-state index contributed by atoms with van der Waals surface area (Å²) in [5, 5.41) is 2.95. The Labute approximate surface area is 161 Å². The van der Waals surface area contributed by atoms with Gasteiger partial charge < -0.3 is 15.0 Å². The van der Waals surface area contributed by atoms with E-state index in [9.17, 15) is 14.4 Å². The quantitative estimate of drug-likeness (QED) is 0.537. The number of carbonyl (C=O) groups is 1. The van der Waals surface area contributed by atoms with Crippen molar-refractivity contribution in [1.29, 1.82) is 0 Å². The summed E-state index contributed by atoms with van der Waals surface area (Å²) < 4.78 is 5.25. The average molecular weight is 382 g/mol. The largest absolute Gasteiger partial charge is 0.458 e. The molecule has 0 aliphatic carbocycles. The minimum atomic E-state index is -0.689. The van der Waals surface area contributed by atoms with Gasteiger partial charge in [-0.05, 0) is 24.6 Å². The molecule has 0 spiro atoms. The van der Waals surface area contributed by atoms with Crippen LogP contribution in [0.5, 0.6) is 0 Å². The first-order valence-electron chi connectivity index (χ1n) is 8.73. The minimum Gasteiger partial charge on any atom is -0.458 e. The third-order valence-electron chi connectivity index (χ3n) is 4.57. The maximum atomic E-state index is 12.8. The summed E-state index contributed by atoms with van der Waals surface area (Å²) in [6.07, 6.45) is 1.48. The molecule has 2 aromatic rings. The molecule has 1 atom stereocenters. The highest BCUT2D eigenvalue weighted by atomic mass is 16.5. The van der Waals surface area contributed by atoms with E-state index in [4.69, 9.17) is 4.74 Å². The number of esters is 1. The summed E-state index contributed by atoms with van der Waals surface area (Å²) in [5.74, 6) is -0.971. The van der Waals surface area contributed by atoms with Gasteiger partial charge in [-0.25, -0.2) is 9.59 Å². The molecule has 1 aromatic heterocycles. The number of allylic oxidation sites excluding steroid dienone is 1. The van der Waals surface area contributed by atoms with Gasteiger partial charge >= 0.3 is 11.7 Å². The summed E-state index contributed by atoms with van der Waals surface area (Å²) in [6.45, 7) is 5.31. The Kier molecular flexibility index (Phi) is 5.21. The number of nitrogens with zero attached hydrogens (tertiary/aromatic N) is 1. The highest BCUT2D eigenvalue weighted by Gasteiger charge is 2.35. The molecule has 8 heteroatoms. The molecule has 0 amide bonds. The zero-order valence-electron chi connectivity index (χ0n) is 16.0. The van der Waals surface area contributed by atoms with E-state index in [1.807, 2.05) is 43.3 Å². The SMILES string of the molecule is C=CCOC(=O)C1=C(C)Nc2[nH]c(=O)[nH]c(=O)c2[C@H]1c1ccc(N(C)C)cc1. The zero-order valence-corrected chi connectivity index (χ0v) is 16.0. The monoisotopic (exact) mass is 382 g/mol. The first-order chi connectivity index (χ1) is 13.3. The second-order valence-electron chi connectivity index (χ2n) is 6.67. The molecule has 3 N–H and O–H groups in total. The molecule has 28 heavy (non-hydrogen) atoms. The highest BCUT2D eigenvalue weighted by Crippen LogP contribution is 2.39. The summed E-state index contributed by atoms with van der Waals surface area (Å²) in [6, 6.07) is 7.51. The standard InChI is InChI=1S/C20H22N4O4/c1-5-10-28-19(26)14-11(2)21-17-16(18(25)23-20(27)22-17)15(14)12-6-8-13(9-7-12)24(3)4/h5-9,15H,1,10H2,2-4H3,(H3,21,22,23,25,27)/t15-/m0/s1. The minimum absolute atomic E-state index is 0.0523. The second kappa shape index (κ2) is 7.59. The van der Waals surface area contributed by atoms with Gasteiger partial charge in [0.2, 0.25) is 0 Å². The van der Waals surface area contributed by atoms with Crippen molar-refractivity contribution in [2.45, 2.75) is 12.8 Å². The van der Waals surface area contributed by atoms with Crippen molar-refractivity contribution in [2.24, 2.45) is 0 Å². The Hall–Kier alpha value is -3.55. The molecule has 0 fully saturated rings. The van der Waals surface area contributed by atoms with Crippen LogP contribution in [0.15, 0.2) is 57.8 Å². The van der Waals surface area contributed by atoms with Gasteiger partial charge in [-0.1, -0.05) is 24.8 Å². The number of carbonyl (C=O) groups excluding carboxylic acids is 1. The van der Waals surface area contributed by atoms with Gasteiger partial charge in [0.05, 0.1) is 17.1 Å². The van der Waals surface area contributed by atoms with Gasteiger partial charge in [-0.2, -0.15) is 0 Å². The zero-order chi connectivity index (χ0) is 20.4. The number of aromatic amines is 2. The smallest absolute Gasteiger partial charge is 0.337 e. The average Bonchev–Trinajstić information content (AvgIpc) is 2.64. The molecule has 1 aliphatic rings. The molecule has 1 aliphatic heterocycles. The number of fused-ring (bicyclic) bond motifs is 1. The third-order valence-corrected chi connectivity index (χ3v) is 4.57. The fraction of sp³-hybridized carbons (Fsp3) is 0.250. The lowest BCUT2D eigenvalue weighted by Gasteiger charge is -2.29. The van der Waals surface area contributed by atoms with Crippen LogP contribution in [-0.4, -0.2) is 36.6 Å². The molecule has 2 heterocycles. The Morgan fingerprint density at radius 3 is 2.50 bits per heavy atom. The van der Waals surface area contributed by atoms with Crippen LogP contribution in [0, 0.1) is 0 Å².